The fourth-order valence-electron chi connectivity index (χ4n) is 1.91. The average molecular weight is 305 g/mol. The van der Waals surface area contributed by atoms with Gasteiger partial charge in [0, 0.05) is 11.4 Å². The number of nitrogens with two attached hydrogens (primary N) is 1. The van der Waals surface area contributed by atoms with E-state index < -0.39 is 10.0 Å². The third-order valence-corrected chi connectivity index (χ3v) is 4.53. The first-order chi connectivity index (χ1) is 9.92. The van der Waals surface area contributed by atoms with Crippen LogP contribution in [0.5, 0.6) is 0 Å². The summed E-state index contributed by atoms with van der Waals surface area (Å²) in [5.41, 5.74) is 4.75. The summed E-state index contributed by atoms with van der Waals surface area (Å²) in [7, 11) is -3.60. The predicted octanol–water partition coefficient (Wildman–Crippen LogP) is 2.90. The van der Waals surface area contributed by atoms with E-state index in [2.05, 4.69) is 24.0 Å². The monoisotopic (exact) mass is 305 g/mol. The van der Waals surface area contributed by atoms with Crippen LogP contribution in [-0.2, 0) is 10.0 Å². The van der Waals surface area contributed by atoms with Gasteiger partial charge in [-0.2, -0.15) is 0 Å². The van der Waals surface area contributed by atoms with Crippen LogP contribution < -0.4 is 16.0 Å². The van der Waals surface area contributed by atoms with E-state index in [-0.39, 0.29) is 4.90 Å². The van der Waals surface area contributed by atoms with Gasteiger partial charge in [0.05, 0.1) is 4.90 Å². The third kappa shape index (κ3) is 3.74. The van der Waals surface area contributed by atoms with Crippen molar-refractivity contribution in [2.75, 3.05) is 10.1 Å². The topological polar surface area (TPSA) is 84.2 Å². The molecule has 0 aliphatic carbocycles. The summed E-state index contributed by atoms with van der Waals surface area (Å²) in [6.45, 7) is 4.12. The summed E-state index contributed by atoms with van der Waals surface area (Å²) < 4.78 is 27.2. The van der Waals surface area contributed by atoms with Crippen LogP contribution in [0.25, 0.3) is 0 Å². The molecule has 0 unspecified atom stereocenters. The minimum atomic E-state index is -3.60. The van der Waals surface area contributed by atoms with Crippen molar-refractivity contribution >= 4 is 21.4 Å². The minimum Gasteiger partial charge on any atom is -0.324 e. The van der Waals surface area contributed by atoms with Crippen molar-refractivity contribution in [3.05, 3.63) is 54.1 Å². The lowest BCUT2D eigenvalue weighted by Gasteiger charge is -2.11. The molecule has 0 spiro atoms. The Hall–Kier alpha value is -2.05. The Morgan fingerprint density at radius 3 is 2.24 bits per heavy atom. The van der Waals surface area contributed by atoms with Crippen LogP contribution in [0.2, 0.25) is 0 Å². The molecule has 0 amide bonds. The molecule has 2 aromatic rings. The van der Waals surface area contributed by atoms with Crippen LogP contribution in [0.1, 0.15) is 25.3 Å². The molecule has 0 radical (unpaired) electrons. The second-order valence-electron chi connectivity index (χ2n) is 5.05. The highest BCUT2D eigenvalue weighted by Crippen LogP contribution is 2.22. The van der Waals surface area contributed by atoms with Crippen molar-refractivity contribution in [2.24, 2.45) is 5.84 Å². The highest BCUT2D eigenvalue weighted by molar-refractivity contribution is 7.92. The Kier molecular flexibility index (Phi) is 4.50. The highest BCUT2D eigenvalue weighted by Gasteiger charge is 2.14. The lowest BCUT2D eigenvalue weighted by Crippen LogP contribution is -2.13. The molecule has 0 aliphatic rings. The first-order valence-electron chi connectivity index (χ1n) is 6.62. The molecule has 0 saturated heterocycles. The van der Waals surface area contributed by atoms with Gasteiger partial charge >= 0.3 is 0 Å². The quantitative estimate of drug-likeness (QED) is 0.586. The molecule has 6 heteroatoms. The van der Waals surface area contributed by atoms with E-state index in [0.29, 0.717) is 17.3 Å². The molecule has 2 aromatic carbocycles. The lowest BCUT2D eigenvalue weighted by molar-refractivity contribution is 0.601. The first-order valence-corrected chi connectivity index (χ1v) is 8.10. The maximum absolute atomic E-state index is 12.3. The smallest absolute Gasteiger partial charge is 0.261 e. The van der Waals surface area contributed by atoms with Gasteiger partial charge in [-0.1, -0.05) is 26.0 Å². The molecular formula is C15H19N3O2S. The van der Waals surface area contributed by atoms with Crippen LogP contribution in [0.3, 0.4) is 0 Å². The number of hydrazine groups is 1. The molecule has 0 saturated carbocycles. The van der Waals surface area contributed by atoms with Crippen LogP contribution in [0, 0.1) is 0 Å². The van der Waals surface area contributed by atoms with Gasteiger partial charge in [-0.25, -0.2) is 8.42 Å². The van der Waals surface area contributed by atoms with Gasteiger partial charge in [0.2, 0.25) is 0 Å². The molecule has 0 aromatic heterocycles. The zero-order valence-corrected chi connectivity index (χ0v) is 12.8. The van der Waals surface area contributed by atoms with E-state index >= 15 is 0 Å². The molecule has 21 heavy (non-hydrogen) atoms. The summed E-state index contributed by atoms with van der Waals surface area (Å²) in [6, 6.07) is 13.6. The number of benzene rings is 2. The Morgan fingerprint density at radius 1 is 1.00 bits per heavy atom. The van der Waals surface area contributed by atoms with Gasteiger partial charge in [0.1, 0.15) is 0 Å². The molecule has 5 nitrogen and oxygen atoms in total. The number of hydrogen-bond donors (Lipinski definition) is 3. The largest absolute Gasteiger partial charge is 0.324 e. The molecule has 0 atom stereocenters. The molecule has 112 valence electrons. The van der Waals surface area contributed by atoms with Crippen molar-refractivity contribution in [1.82, 2.24) is 0 Å². The second kappa shape index (κ2) is 6.15. The van der Waals surface area contributed by atoms with Gasteiger partial charge in [-0.15, -0.1) is 0 Å². The average Bonchev–Trinajstić information content (AvgIpc) is 2.47. The third-order valence-electron chi connectivity index (χ3n) is 3.14. The van der Waals surface area contributed by atoms with Crippen LogP contribution in [-0.4, -0.2) is 8.42 Å². The fourth-order valence-corrected chi connectivity index (χ4v) is 2.96. The summed E-state index contributed by atoms with van der Waals surface area (Å²) in [6.07, 6.45) is 0. The van der Waals surface area contributed by atoms with Crippen LogP contribution >= 0.6 is 0 Å². The maximum atomic E-state index is 12.3. The van der Waals surface area contributed by atoms with E-state index in [1.54, 1.807) is 18.2 Å². The number of hydrogen-bond acceptors (Lipinski definition) is 4. The van der Waals surface area contributed by atoms with Crippen molar-refractivity contribution in [3.63, 3.8) is 0 Å². The van der Waals surface area contributed by atoms with Crippen molar-refractivity contribution in [1.29, 1.82) is 0 Å². The van der Waals surface area contributed by atoms with E-state index in [1.165, 1.54) is 12.1 Å². The predicted molar refractivity (Wildman–Crippen MR) is 85.6 cm³/mol. The highest BCUT2D eigenvalue weighted by atomic mass is 32.2. The first kappa shape index (κ1) is 15.3. The summed E-state index contributed by atoms with van der Waals surface area (Å²) in [5.74, 6) is 5.60. The van der Waals surface area contributed by atoms with Gasteiger partial charge < -0.3 is 5.43 Å². The zero-order valence-electron chi connectivity index (χ0n) is 12.0. The van der Waals surface area contributed by atoms with Crippen LogP contribution in [0.15, 0.2) is 53.4 Å². The molecule has 0 heterocycles. The van der Waals surface area contributed by atoms with Crippen molar-refractivity contribution in [3.8, 4) is 0 Å². The fraction of sp³-hybridized carbons (Fsp3) is 0.200. The van der Waals surface area contributed by atoms with E-state index in [0.717, 1.165) is 5.56 Å². The summed E-state index contributed by atoms with van der Waals surface area (Å²) in [4.78, 5) is 0.191. The second-order valence-corrected chi connectivity index (χ2v) is 6.74. The Bertz CT molecular complexity index is 710. The number of anilines is 2. The van der Waals surface area contributed by atoms with Crippen molar-refractivity contribution < 1.29 is 8.42 Å². The number of rotatable bonds is 5. The molecule has 0 aliphatic heterocycles. The van der Waals surface area contributed by atoms with Gasteiger partial charge in [0.15, 0.2) is 0 Å². The molecule has 0 bridgehead atoms. The Balaban J connectivity index is 2.26. The van der Waals surface area contributed by atoms with E-state index in [4.69, 9.17) is 5.84 Å². The standard InChI is InChI=1S/C15H19N3O2S/c1-11(2)12-4-3-5-14(10-12)18-21(19,20)15-8-6-13(17-16)7-9-15/h3-11,17-18H,16H2,1-2H3. The van der Waals surface area contributed by atoms with Gasteiger partial charge in [0.25, 0.3) is 10.0 Å². The number of nitrogen functional groups attached to an aromatic ring is 1. The zero-order chi connectivity index (χ0) is 15.5. The maximum Gasteiger partial charge on any atom is 0.261 e. The lowest BCUT2D eigenvalue weighted by atomic mass is 10.0. The van der Waals surface area contributed by atoms with E-state index in [1.807, 2.05) is 18.2 Å². The van der Waals surface area contributed by atoms with Crippen molar-refractivity contribution in [2.45, 2.75) is 24.7 Å². The Labute approximate surface area is 125 Å². The van der Waals surface area contributed by atoms with Gasteiger partial charge in [-0.3, -0.25) is 10.6 Å². The molecule has 0 fully saturated rings. The summed E-state index contributed by atoms with van der Waals surface area (Å²) >= 11 is 0. The Morgan fingerprint density at radius 2 is 1.67 bits per heavy atom. The summed E-state index contributed by atoms with van der Waals surface area (Å²) in [5, 5.41) is 0. The van der Waals surface area contributed by atoms with Crippen LogP contribution in [0.4, 0.5) is 11.4 Å². The normalized spacial score (nSPS) is 11.4. The molecular weight excluding hydrogens is 286 g/mol. The number of nitrogens with one attached hydrogen (secondary N) is 2. The number of sulfonamides is 1. The SMILES string of the molecule is CC(C)c1cccc(NS(=O)(=O)c2ccc(NN)cc2)c1. The molecule has 4 N–H and O–H groups in total. The van der Waals surface area contributed by atoms with Gasteiger partial charge in [-0.05, 0) is 47.9 Å². The minimum absolute atomic E-state index is 0.191. The molecule has 2 rings (SSSR count). The van der Waals surface area contributed by atoms with E-state index in [9.17, 15) is 8.42 Å².